The molecule has 0 aliphatic rings. The molecule has 0 spiro atoms. The van der Waals surface area contributed by atoms with Crippen LogP contribution < -0.4 is 11.2 Å². The van der Waals surface area contributed by atoms with Gasteiger partial charge in [0.25, 0.3) is 0 Å². The van der Waals surface area contributed by atoms with Gasteiger partial charge in [-0.05, 0) is 30.7 Å². The van der Waals surface area contributed by atoms with E-state index in [4.69, 9.17) is 5.84 Å². The van der Waals surface area contributed by atoms with Crippen molar-refractivity contribution in [1.82, 2.24) is 14.9 Å². The van der Waals surface area contributed by atoms with E-state index in [-0.39, 0.29) is 11.7 Å². The van der Waals surface area contributed by atoms with Crippen molar-refractivity contribution in [3.8, 4) is 0 Å². The van der Waals surface area contributed by atoms with E-state index in [1.54, 1.807) is 24.3 Å². The molecule has 0 unspecified atom stereocenters. The summed E-state index contributed by atoms with van der Waals surface area (Å²) in [7, 11) is 1.32. The van der Waals surface area contributed by atoms with E-state index in [0.29, 0.717) is 22.2 Å². The van der Waals surface area contributed by atoms with Crippen LogP contribution >= 0.6 is 11.8 Å². The van der Waals surface area contributed by atoms with Gasteiger partial charge >= 0.3 is 5.97 Å². The lowest BCUT2D eigenvalue weighted by molar-refractivity contribution is -0.113. The monoisotopic (exact) mass is 363 g/mol. The summed E-state index contributed by atoms with van der Waals surface area (Å²) in [5.41, 5.74) is 1.02. The highest BCUT2D eigenvalue weighted by Gasteiger charge is 2.12. The van der Waals surface area contributed by atoms with E-state index < -0.39 is 5.97 Å². The van der Waals surface area contributed by atoms with Crippen LogP contribution in [-0.2, 0) is 16.0 Å². The number of hydrogen-bond donors (Lipinski definition) is 2. The zero-order chi connectivity index (χ0) is 18.2. The molecule has 0 aliphatic carbocycles. The quantitative estimate of drug-likeness (QED) is 0.418. The molecule has 8 nitrogen and oxygen atoms in total. The van der Waals surface area contributed by atoms with Gasteiger partial charge in [-0.25, -0.2) is 9.47 Å². The number of nitrogens with one attached hydrogen (secondary N) is 1. The molecule has 1 amide bonds. The number of aryl methyl sites for hydroxylation is 1. The average Bonchev–Trinajstić information content (AvgIpc) is 2.98. The lowest BCUT2D eigenvalue weighted by atomic mass is 10.2. The van der Waals surface area contributed by atoms with Crippen molar-refractivity contribution in [3.63, 3.8) is 0 Å². The molecule has 0 saturated carbocycles. The first-order valence-electron chi connectivity index (χ1n) is 7.85. The Morgan fingerprint density at radius 3 is 2.64 bits per heavy atom. The molecule has 0 aliphatic heterocycles. The fraction of sp³-hybridized carbons (Fsp3) is 0.375. The van der Waals surface area contributed by atoms with Crippen molar-refractivity contribution in [2.45, 2.75) is 31.3 Å². The molecule has 0 radical (unpaired) electrons. The predicted octanol–water partition coefficient (Wildman–Crippen LogP) is 1.85. The van der Waals surface area contributed by atoms with E-state index >= 15 is 0 Å². The molecule has 134 valence electrons. The van der Waals surface area contributed by atoms with Gasteiger partial charge in [0.2, 0.25) is 11.1 Å². The number of rotatable bonds is 8. The Morgan fingerprint density at radius 1 is 1.28 bits per heavy atom. The van der Waals surface area contributed by atoms with Gasteiger partial charge in [0, 0.05) is 12.1 Å². The van der Waals surface area contributed by atoms with Crippen LogP contribution in [0.1, 0.15) is 35.9 Å². The maximum absolute atomic E-state index is 12.0. The second-order valence-electron chi connectivity index (χ2n) is 5.28. The SMILES string of the molecule is CCCCc1nnc(SCC(=O)Nc2ccc(C(=O)OC)cc2)n1N. The summed E-state index contributed by atoms with van der Waals surface area (Å²) in [6.45, 7) is 2.09. The molecule has 9 heteroatoms. The fourth-order valence-corrected chi connectivity index (χ4v) is 2.72. The van der Waals surface area contributed by atoms with Crippen LogP contribution in [-0.4, -0.2) is 39.6 Å². The summed E-state index contributed by atoms with van der Waals surface area (Å²) < 4.78 is 6.06. The predicted molar refractivity (Wildman–Crippen MR) is 95.9 cm³/mol. The Balaban J connectivity index is 1.86. The van der Waals surface area contributed by atoms with Gasteiger partial charge in [-0.1, -0.05) is 25.1 Å². The number of carbonyl (C=O) groups is 2. The third-order valence-electron chi connectivity index (χ3n) is 3.41. The number of esters is 1. The van der Waals surface area contributed by atoms with Gasteiger partial charge in [-0.3, -0.25) is 4.79 Å². The normalized spacial score (nSPS) is 10.5. The number of carbonyl (C=O) groups excluding carboxylic acids is 2. The number of hydrogen-bond acceptors (Lipinski definition) is 7. The Bertz CT molecular complexity index is 730. The van der Waals surface area contributed by atoms with Crippen LogP contribution in [0.15, 0.2) is 29.4 Å². The second kappa shape index (κ2) is 9.07. The van der Waals surface area contributed by atoms with Gasteiger partial charge < -0.3 is 15.9 Å². The Morgan fingerprint density at radius 2 is 2.00 bits per heavy atom. The third kappa shape index (κ3) is 5.21. The van der Waals surface area contributed by atoms with Crippen LogP contribution in [0.5, 0.6) is 0 Å². The zero-order valence-corrected chi connectivity index (χ0v) is 15.0. The van der Waals surface area contributed by atoms with Crippen molar-refractivity contribution in [1.29, 1.82) is 0 Å². The van der Waals surface area contributed by atoms with Crippen molar-refractivity contribution in [3.05, 3.63) is 35.7 Å². The topological polar surface area (TPSA) is 112 Å². The van der Waals surface area contributed by atoms with Crippen LogP contribution in [0.4, 0.5) is 5.69 Å². The number of ether oxygens (including phenoxy) is 1. The first kappa shape index (κ1) is 18.8. The van der Waals surface area contributed by atoms with E-state index in [1.807, 2.05) is 0 Å². The summed E-state index contributed by atoms with van der Waals surface area (Å²) in [6, 6.07) is 6.46. The van der Waals surface area contributed by atoms with Crippen molar-refractivity contribution in [2.24, 2.45) is 0 Å². The standard InChI is InChI=1S/C16H21N5O3S/c1-3-4-5-13-19-20-16(21(13)17)25-10-14(22)18-12-8-6-11(7-9-12)15(23)24-2/h6-9H,3-5,10,17H2,1-2H3,(H,18,22). The third-order valence-corrected chi connectivity index (χ3v) is 4.35. The van der Waals surface area contributed by atoms with Gasteiger partial charge in [0.1, 0.15) is 0 Å². The maximum atomic E-state index is 12.0. The number of anilines is 1. The largest absolute Gasteiger partial charge is 0.465 e. The Kier molecular flexibility index (Phi) is 6.81. The first-order valence-corrected chi connectivity index (χ1v) is 8.84. The Labute approximate surface area is 150 Å². The number of amides is 1. The zero-order valence-electron chi connectivity index (χ0n) is 14.2. The Hall–Kier alpha value is -2.55. The number of aromatic nitrogens is 3. The first-order chi connectivity index (χ1) is 12.0. The van der Waals surface area contributed by atoms with E-state index in [2.05, 4.69) is 27.2 Å². The molecule has 2 aromatic rings. The number of methoxy groups -OCH3 is 1. The second-order valence-corrected chi connectivity index (χ2v) is 6.22. The minimum absolute atomic E-state index is 0.155. The minimum atomic E-state index is -0.422. The molecule has 1 aromatic heterocycles. The molecule has 1 heterocycles. The summed E-state index contributed by atoms with van der Waals surface area (Å²) in [4.78, 5) is 23.4. The van der Waals surface area contributed by atoms with Crippen molar-refractivity contribution in [2.75, 3.05) is 24.0 Å². The molecular formula is C16H21N5O3S. The highest BCUT2D eigenvalue weighted by atomic mass is 32.2. The number of nitrogens with zero attached hydrogens (tertiary/aromatic N) is 3. The molecule has 2 rings (SSSR count). The van der Waals surface area contributed by atoms with Crippen LogP contribution in [0.3, 0.4) is 0 Å². The lowest BCUT2D eigenvalue weighted by Crippen LogP contribution is -2.17. The number of thioether (sulfide) groups is 1. The molecule has 0 saturated heterocycles. The molecule has 3 N–H and O–H groups in total. The maximum Gasteiger partial charge on any atom is 0.337 e. The highest BCUT2D eigenvalue weighted by Crippen LogP contribution is 2.16. The molecular weight excluding hydrogens is 342 g/mol. The summed E-state index contributed by atoms with van der Waals surface area (Å²) in [6.07, 6.45) is 2.80. The van der Waals surface area contributed by atoms with Gasteiger partial charge in [-0.2, -0.15) is 0 Å². The highest BCUT2D eigenvalue weighted by molar-refractivity contribution is 7.99. The van der Waals surface area contributed by atoms with Crippen molar-refractivity contribution < 1.29 is 14.3 Å². The summed E-state index contributed by atoms with van der Waals surface area (Å²) in [5.74, 6) is 6.18. The molecule has 1 aromatic carbocycles. The van der Waals surface area contributed by atoms with Crippen LogP contribution in [0.2, 0.25) is 0 Å². The average molecular weight is 363 g/mol. The number of nitrogen functional groups attached to an aromatic ring is 1. The molecule has 0 atom stereocenters. The smallest absolute Gasteiger partial charge is 0.337 e. The fourth-order valence-electron chi connectivity index (χ4n) is 2.05. The minimum Gasteiger partial charge on any atom is -0.465 e. The number of unbranched alkanes of at least 4 members (excludes halogenated alkanes) is 1. The van der Waals surface area contributed by atoms with Gasteiger partial charge in [-0.15, -0.1) is 10.2 Å². The molecule has 25 heavy (non-hydrogen) atoms. The summed E-state index contributed by atoms with van der Waals surface area (Å²) in [5, 5.41) is 11.3. The van der Waals surface area contributed by atoms with Crippen molar-refractivity contribution >= 4 is 29.3 Å². The molecule has 0 bridgehead atoms. The van der Waals surface area contributed by atoms with Crippen LogP contribution in [0.25, 0.3) is 0 Å². The van der Waals surface area contributed by atoms with E-state index in [0.717, 1.165) is 19.3 Å². The van der Waals surface area contributed by atoms with Crippen LogP contribution in [0, 0.1) is 0 Å². The number of nitrogens with two attached hydrogens (primary N) is 1. The lowest BCUT2D eigenvalue weighted by Gasteiger charge is -2.06. The van der Waals surface area contributed by atoms with Gasteiger partial charge in [0.05, 0.1) is 18.4 Å². The van der Waals surface area contributed by atoms with E-state index in [9.17, 15) is 9.59 Å². The summed E-state index contributed by atoms with van der Waals surface area (Å²) >= 11 is 1.22. The van der Waals surface area contributed by atoms with Gasteiger partial charge in [0.15, 0.2) is 5.82 Å². The van der Waals surface area contributed by atoms with E-state index in [1.165, 1.54) is 23.5 Å². The number of benzene rings is 1. The molecule has 0 fully saturated rings.